The Morgan fingerprint density at radius 1 is 1.39 bits per heavy atom. The van der Waals surface area contributed by atoms with Gasteiger partial charge in [-0.15, -0.1) is 0 Å². The van der Waals surface area contributed by atoms with Crippen LogP contribution in [0.5, 0.6) is 5.75 Å². The molecule has 0 aromatic heterocycles. The van der Waals surface area contributed by atoms with Crippen molar-refractivity contribution in [2.24, 2.45) is 5.73 Å². The molecule has 1 aromatic carbocycles. The number of hydrogen-bond acceptors (Lipinski definition) is 3. The van der Waals surface area contributed by atoms with E-state index in [9.17, 15) is 13.6 Å². The number of carbonyl (C=O) groups excluding carboxylic acids is 1. The molecule has 0 saturated carbocycles. The molecule has 18 heavy (non-hydrogen) atoms. The van der Waals surface area contributed by atoms with Crippen molar-refractivity contribution in [2.45, 2.75) is 12.3 Å². The number of nitrogens with two attached hydrogens (primary N) is 1. The third kappa shape index (κ3) is 4.67. The predicted octanol–water partition coefficient (Wildman–Crippen LogP) is 0.948. The SMILES string of the molecule is COc1ccc(CC(=O)NCC(F)(F)CN)cc1. The van der Waals surface area contributed by atoms with Crippen LogP contribution < -0.4 is 15.8 Å². The largest absolute Gasteiger partial charge is 0.497 e. The molecule has 0 unspecified atom stereocenters. The van der Waals surface area contributed by atoms with Crippen LogP contribution in [0, 0.1) is 0 Å². The molecule has 0 aliphatic rings. The van der Waals surface area contributed by atoms with Gasteiger partial charge in [-0.25, -0.2) is 8.78 Å². The fourth-order valence-corrected chi connectivity index (χ4v) is 1.29. The average molecular weight is 258 g/mol. The summed E-state index contributed by atoms with van der Waals surface area (Å²) < 4.78 is 30.6. The summed E-state index contributed by atoms with van der Waals surface area (Å²) in [7, 11) is 1.54. The van der Waals surface area contributed by atoms with E-state index in [0.717, 1.165) is 5.56 Å². The van der Waals surface area contributed by atoms with Crippen molar-refractivity contribution < 1.29 is 18.3 Å². The zero-order chi connectivity index (χ0) is 13.6. The maximum Gasteiger partial charge on any atom is 0.277 e. The Bertz CT molecular complexity index is 394. The van der Waals surface area contributed by atoms with E-state index in [1.165, 1.54) is 7.11 Å². The van der Waals surface area contributed by atoms with Crippen LogP contribution in [0.25, 0.3) is 0 Å². The lowest BCUT2D eigenvalue weighted by Crippen LogP contribution is -2.42. The van der Waals surface area contributed by atoms with Crippen molar-refractivity contribution in [1.29, 1.82) is 0 Å². The lowest BCUT2D eigenvalue weighted by atomic mass is 10.1. The highest BCUT2D eigenvalue weighted by Gasteiger charge is 2.26. The summed E-state index contributed by atoms with van der Waals surface area (Å²) in [5.41, 5.74) is 5.59. The van der Waals surface area contributed by atoms with E-state index < -0.39 is 24.9 Å². The smallest absolute Gasteiger partial charge is 0.277 e. The number of benzene rings is 1. The molecular weight excluding hydrogens is 242 g/mol. The molecule has 1 rings (SSSR count). The van der Waals surface area contributed by atoms with Crippen LogP contribution in [-0.4, -0.2) is 32.0 Å². The molecule has 100 valence electrons. The number of halogens is 2. The number of rotatable bonds is 6. The Kier molecular flexibility index (Phi) is 5.03. The van der Waals surface area contributed by atoms with Gasteiger partial charge >= 0.3 is 0 Å². The molecule has 0 radical (unpaired) electrons. The van der Waals surface area contributed by atoms with Crippen LogP contribution in [0.2, 0.25) is 0 Å². The summed E-state index contributed by atoms with van der Waals surface area (Å²) in [6.45, 7) is -1.52. The van der Waals surface area contributed by atoms with Crippen molar-refractivity contribution in [1.82, 2.24) is 5.32 Å². The molecule has 1 aromatic rings. The van der Waals surface area contributed by atoms with E-state index in [4.69, 9.17) is 10.5 Å². The Hall–Kier alpha value is -1.69. The first-order valence-corrected chi connectivity index (χ1v) is 5.44. The van der Waals surface area contributed by atoms with Crippen molar-refractivity contribution in [3.8, 4) is 5.75 Å². The third-order valence-corrected chi connectivity index (χ3v) is 2.37. The van der Waals surface area contributed by atoms with Crippen LogP contribution in [-0.2, 0) is 11.2 Å². The van der Waals surface area contributed by atoms with Gasteiger partial charge in [0.05, 0.1) is 26.6 Å². The maximum absolute atomic E-state index is 12.8. The van der Waals surface area contributed by atoms with E-state index in [2.05, 4.69) is 5.32 Å². The highest BCUT2D eigenvalue weighted by atomic mass is 19.3. The molecule has 0 spiro atoms. The van der Waals surface area contributed by atoms with E-state index in [1.54, 1.807) is 24.3 Å². The molecule has 4 nitrogen and oxygen atoms in total. The van der Waals surface area contributed by atoms with Gasteiger partial charge in [-0.05, 0) is 17.7 Å². The number of nitrogens with one attached hydrogen (secondary N) is 1. The first-order chi connectivity index (χ1) is 8.46. The molecule has 0 atom stereocenters. The number of alkyl halides is 2. The molecule has 0 fully saturated rings. The molecule has 0 aliphatic heterocycles. The van der Waals surface area contributed by atoms with Gasteiger partial charge in [-0.2, -0.15) is 0 Å². The minimum atomic E-state index is -3.06. The molecule has 6 heteroatoms. The van der Waals surface area contributed by atoms with Gasteiger partial charge in [0.1, 0.15) is 5.75 Å². The van der Waals surface area contributed by atoms with E-state index in [1.807, 2.05) is 0 Å². The van der Waals surface area contributed by atoms with Crippen molar-refractivity contribution >= 4 is 5.91 Å². The summed E-state index contributed by atoms with van der Waals surface area (Å²) in [4.78, 5) is 11.4. The predicted molar refractivity (Wildman–Crippen MR) is 63.7 cm³/mol. The summed E-state index contributed by atoms with van der Waals surface area (Å²) >= 11 is 0. The Morgan fingerprint density at radius 3 is 2.50 bits per heavy atom. The second-order valence-corrected chi connectivity index (χ2v) is 3.86. The number of amides is 1. The van der Waals surface area contributed by atoms with Crippen LogP contribution in [0.3, 0.4) is 0 Å². The van der Waals surface area contributed by atoms with Crippen molar-refractivity contribution in [2.75, 3.05) is 20.2 Å². The highest BCUT2D eigenvalue weighted by molar-refractivity contribution is 5.78. The summed E-state index contributed by atoms with van der Waals surface area (Å²) in [5.74, 6) is -2.85. The molecule has 0 aliphatic carbocycles. The van der Waals surface area contributed by atoms with Gasteiger partial charge in [-0.1, -0.05) is 12.1 Å². The quantitative estimate of drug-likeness (QED) is 0.798. The van der Waals surface area contributed by atoms with Gasteiger partial charge in [-0.3, -0.25) is 4.79 Å². The maximum atomic E-state index is 12.8. The molecule has 0 saturated heterocycles. The molecule has 0 heterocycles. The summed E-state index contributed by atoms with van der Waals surface area (Å²) in [5, 5.41) is 2.15. The molecule has 3 N–H and O–H groups in total. The van der Waals surface area contributed by atoms with Crippen LogP contribution in [0.15, 0.2) is 24.3 Å². The molecule has 0 bridgehead atoms. The van der Waals surface area contributed by atoms with E-state index in [0.29, 0.717) is 5.75 Å². The van der Waals surface area contributed by atoms with Gasteiger partial charge in [0.2, 0.25) is 5.91 Å². The average Bonchev–Trinajstić information content (AvgIpc) is 2.37. The van der Waals surface area contributed by atoms with Gasteiger partial charge in [0, 0.05) is 0 Å². The number of hydrogen-bond donors (Lipinski definition) is 2. The molecule has 1 amide bonds. The Morgan fingerprint density at radius 2 is 2.00 bits per heavy atom. The van der Waals surface area contributed by atoms with Crippen LogP contribution in [0.1, 0.15) is 5.56 Å². The number of ether oxygens (including phenoxy) is 1. The van der Waals surface area contributed by atoms with Crippen molar-refractivity contribution in [3.63, 3.8) is 0 Å². The summed E-state index contributed by atoms with van der Waals surface area (Å²) in [6, 6.07) is 6.83. The topological polar surface area (TPSA) is 64.3 Å². The Balaban J connectivity index is 2.44. The van der Waals surface area contributed by atoms with Crippen molar-refractivity contribution in [3.05, 3.63) is 29.8 Å². The van der Waals surface area contributed by atoms with Crippen LogP contribution in [0.4, 0.5) is 8.78 Å². The second kappa shape index (κ2) is 6.30. The fourth-order valence-electron chi connectivity index (χ4n) is 1.29. The highest BCUT2D eigenvalue weighted by Crippen LogP contribution is 2.12. The standard InChI is InChI=1S/C12H16F2N2O2/c1-18-10-4-2-9(3-5-10)6-11(17)16-8-12(13,14)7-15/h2-5H,6-8,15H2,1H3,(H,16,17). The fraction of sp³-hybridized carbons (Fsp3) is 0.417. The normalized spacial score (nSPS) is 11.1. The van der Waals surface area contributed by atoms with E-state index in [-0.39, 0.29) is 6.42 Å². The first-order valence-electron chi connectivity index (χ1n) is 5.44. The number of methoxy groups -OCH3 is 1. The second-order valence-electron chi connectivity index (χ2n) is 3.86. The summed E-state index contributed by atoms with van der Waals surface area (Å²) in [6.07, 6.45) is 0.0463. The zero-order valence-corrected chi connectivity index (χ0v) is 10.1. The van der Waals surface area contributed by atoms with Crippen LogP contribution >= 0.6 is 0 Å². The van der Waals surface area contributed by atoms with E-state index >= 15 is 0 Å². The van der Waals surface area contributed by atoms with Gasteiger partial charge in [0.25, 0.3) is 5.92 Å². The minimum Gasteiger partial charge on any atom is -0.497 e. The number of carbonyl (C=O) groups is 1. The lowest BCUT2D eigenvalue weighted by Gasteiger charge is -2.14. The Labute approximate surface area is 104 Å². The molecular formula is C12H16F2N2O2. The first kappa shape index (κ1) is 14.4. The third-order valence-electron chi connectivity index (χ3n) is 2.37. The zero-order valence-electron chi connectivity index (χ0n) is 10.1. The van der Waals surface area contributed by atoms with Gasteiger partial charge in [0.15, 0.2) is 0 Å². The lowest BCUT2D eigenvalue weighted by molar-refractivity contribution is -0.122. The van der Waals surface area contributed by atoms with Gasteiger partial charge < -0.3 is 15.8 Å². The minimum absolute atomic E-state index is 0.0463. The monoisotopic (exact) mass is 258 g/mol.